The molecule has 5 heteroatoms. The van der Waals surface area contributed by atoms with Gasteiger partial charge < -0.3 is 5.73 Å². The average molecular weight is 263 g/mol. The molecule has 0 saturated heterocycles. The number of alkyl halides is 3. The van der Waals surface area contributed by atoms with Crippen molar-refractivity contribution in [1.82, 2.24) is 0 Å². The summed E-state index contributed by atoms with van der Waals surface area (Å²) < 4.78 is 36.0. The first-order chi connectivity index (χ1) is 7.94. The molecule has 0 aliphatic rings. The van der Waals surface area contributed by atoms with Crippen LogP contribution < -0.4 is 5.73 Å². The van der Waals surface area contributed by atoms with Crippen molar-refractivity contribution in [3.05, 3.63) is 29.8 Å². The van der Waals surface area contributed by atoms with Gasteiger partial charge in [-0.05, 0) is 30.7 Å². The predicted octanol–water partition coefficient (Wildman–Crippen LogP) is 4.14. The zero-order chi connectivity index (χ0) is 12.9. The quantitative estimate of drug-likeness (QED) is 0.808. The Kier molecular flexibility index (Phi) is 5.33. The van der Waals surface area contributed by atoms with Crippen molar-refractivity contribution >= 4 is 11.8 Å². The second-order valence-corrected chi connectivity index (χ2v) is 4.70. The molecule has 1 atom stereocenters. The second kappa shape index (κ2) is 6.31. The Labute approximate surface area is 104 Å². The lowest BCUT2D eigenvalue weighted by Crippen LogP contribution is -2.13. The summed E-state index contributed by atoms with van der Waals surface area (Å²) in [6.07, 6.45) is -2.48. The fourth-order valence-electron chi connectivity index (χ4n) is 1.65. The van der Waals surface area contributed by atoms with E-state index in [0.717, 1.165) is 10.5 Å². The van der Waals surface area contributed by atoms with Crippen LogP contribution in [0.4, 0.5) is 13.2 Å². The monoisotopic (exact) mass is 263 g/mol. The molecule has 17 heavy (non-hydrogen) atoms. The van der Waals surface area contributed by atoms with E-state index in [4.69, 9.17) is 5.73 Å². The van der Waals surface area contributed by atoms with Gasteiger partial charge in [0.1, 0.15) is 0 Å². The fourth-order valence-corrected chi connectivity index (χ4v) is 2.32. The fraction of sp³-hybridized carbons (Fsp3) is 0.500. The molecule has 0 radical (unpaired) electrons. The average Bonchev–Trinajstić information content (AvgIpc) is 2.27. The molecule has 0 heterocycles. The summed E-state index contributed by atoms with van der Waals surface area (Å²) in [5.41, 5.74) is 6.85. The van der Waals surface area contributed by atoms with Gasteiger partial charge in [0, 0.05) is 17.4 Å². The van der Waals surface area contributed by atoms with E-state index in [1.54, 1.807) is 11.8 Å². The maximum Gasteiger partial charge on any atom is 0.389 e. The van der Waals surface area contributed by atoms with Crippen molar-refractivity contribution in [1.29, 1.82) is 0 Å². The van der Waals surface area contributed by atoms with E-state index < -0.39 is 12.6 Å². The van der Waals surface area contributed by atoms with Gasteiger partial charge in [0.15, 0.2) is 0 Å². The number of hydrogen-bond donors (Lipinski definition) is 1. The van der Waals surface area contributed by atoms with Crippen molar-refractivity contribution in [3.63, 3.8) is 0 Å². The highest BCUT2D eigenvalue weighted by Crippen LogP contribution is 2.29. The number of nitrogens with two attached hydrogens (primary N) is 1. The van der Waals surface area contributed by atoms with Crippen LogP contribution in [0.3, 0.4) is 0 Å². The molecule has 0 fully saturated rings. The molecular formula is C12H16F3NS. The molecule has 0 saturated carbocycles. The van der Waals surface area contributed by atoms with Gasteiger partial charge in [0.25, 0.3) is 0 Å². The molecule has 0 aliphatic carbocycles. The number of halogens is 3. The SMILES string of the molecule is CSc1ccccc1C(N)CCCC(F)(F)F. The highest BCUT2D eigenvalue weighted by Gasteiger charge is 2.26. The first-order valence-electron chi connectivity index (χ1n) is 5.39. The summed E-state index contributed by atoms with van der Waals surface area (Å²) >= 11 is 1.56. The van der Waals surface area contributed by atoms with E-state index >= 15 is 0 Å². The molecule has 0 amide bonds. The zero-order valence-electron chi connectivity index (χ0n) is 9.63. The van der Waals surface area contributed by atoms with Gasteiger partial charge in [-0.25, -0.2) is 0 Å². The van der Waals surface area contributed by atoms with Crippen LogP contribution in [0, 0.1) is 0 Å². The molecule has 1 aromatic carbocycles. The third kappa shape index (κ3) is 5.00. The minimum atomic E-state index is -4.08. The molecule has 2 N–H and O–H groups in total. The topological polar surface area (TPSA) is 26.0 Å². The highest BCUT2D eigenvalue weighted by molar-refractivity contribution is 7.98. The van der Waals surface area contributed by atoms with Crippen LogP contribution in [0.1, 0.15) is 30.9 Å². The Bertz CT molecular complexity index is 352. The zero-order valence-corrected chi connectivity index (χ0v) is 10.4. The van der Waals surface area contributed by atoms with Crippen molar-refractivity contribution < 1.29 is 13.2 Å². The third-order valence-electron chi connectivity index (χ3n) is 2.51. The third-order valence-corrected chi connectivity index (χ3v) is 3.33. The van der Waals surface area contributed by atoms with E-state index in [1.807, 2.05) is 30.5 Å². The van der Waals surface area contributed by atoms with Crippen molar-refractivity contribution in [2.45, 2.75) is 36.4 Å². The number of thioether (sulfide) groups is 1. The largest absolute Gasteiger partial charge is 0.389 e. The summed E-state index contributed by atoms with van der Waals surface area (Å²) in [4.78, 5) is 1.03. The second-order valence-electron chi connectivity index (χ2n) is 3.86. The van der Waals surface area contributed by atoms with Crippen LogP contribution in [-0.2, 0) is 0 Å². The van der Waals surface area contributed by atoms with Crippen LogP contribution in [0.2, 0.25) is 0 Å². The molecular weight excluding hydrogens is 247 g/mol. The first kappa shape index (κ1) is 14.4. The summed E-state index contributed by atoms with van der Waals surface area (Å²) in [5.74, 6) is 0. The Morgan fingerprint density at radius 3 is 2.53 bits per heavy atom. The molecule has 1 aromatic rings. The Hall–Kier alpha value is -0.680. The Morgan fingerprint density at radius 2 is 1.94 bits per heavy atom. The molecule has 0 aliphatic heterocycles. The molecule has 96 valence electrons. The van der Waals surface area contributed by atoms with E-state index in [1.165, 1.54) is 0 Å². The van der Waals surface area contributed by atoms with Gasteiger partial charge in [-0.2, -0.15) is 13.2 Å². The molecule has 1 rings (SSSR count). The standard InChI is InChI=1S/C12H16F3NS/c1-17-11-7-3-2-5-9(11)10(16)6-4-8-12(13,14)15/h2-3,5,7,10H,4,6,8,16H2,1H3. The lowest BCUT2D eigenvalue weighted by Gasteiger charge is -2.15. The number of rotatable bonds is 5. The first-order valence-corrected chi connectivity index (χ1v) is 6.62. The van der Waals surface area contributed by atoms with Gasteiger partial charge in [-0.3, -0.25) is 0 Å². The molecule has 0 bridgehead atoms. The minimum absolute atomic E-state index is 0.0768. The van der Waals surface area contributed by atoms with E-state index in [2.05, 4.69) is 0 Å². The van der Waals surface area contributed by atoms with Crippen molar-refractivity contribution in [2.75, 3.05) is 6.26 Å². The van der Waals surface area contributed by atoms with Crippen LogP contribution >= 0.6 is 11.8 Å². The van der Waals surface area contributed by atoms with Crippen LogP contribution in [0.15, 0.2) is 29.2 Å². The highest BCUT2D eigenvalue weighted by atomic mass is 32.2. The van der Waals surface area contributed by atoms with Gasteiger partial charge in [-0.1, -0.05) is 18.2 Å². The van der Waals surface area contributed by atoms with Gasteiger partial charge in [0.05, 0.1) is 0 Å². The Balaban J connectivity index is 2.55. The van der Waals surface area contributed by atoms with Crippen molar-refractivity contribution in [3.8, 4) is 0 Å². The van der Waals surface area contributed by atoms with Crippen LogP contribution in [0.25, 0.3) is 0 Å². The predicted molar refractivity (Wildman–Crippen MR) is 65.1 cm³/mol. The minimum Gasteiger partial charge on any atom is -0.324 e. The maximum atomic E-state index is 12.0. The normalized spacial score (nSPS) is 13.7. The molecule has 0 spiro atoms. The van der Waals surface area contributed by atoms with Crippen molar-refractivity contribution in [2.24, 2.45) is 5.73 Å². The smallest absolute Gasteiger partial charge is 0.324 e. The van der Waals surface area contributed by atoms with E-state index in [-0.39, 0.29) is 12.5 Å². The lowest BCUT2D eigenvalue weighted by atomic mass is 10.0. The lowest BCUT2D eigenvalue weighted by molar-refractivity contribution is -0.135. The van der Waals surface area contributed by atoms with Gasteiger partial charge in [0.2, 0.25) is 0 Å². The van der Waals surface area contributed by atoms with Crippen LogP contribution in [0.5, 0.6) is 0 Å². The van der Waals surface area contributed by atoms with Gasteiger partial charge >= 0.3 is 6.18 Å². The molecule has 1 unspecified atom stereocenters. The van der Waals surface area contributed by atoms with Crippen LogP contribution in [-0.4, -0.2) is 12.4 Å². The Morgan fingerprint density at radius 1 is 1.29 bits per heavy atom. The summed E-state index contributed by atoms with van der Waals surface area (Å²) in [7, 11) is 0. The van der Waals surface area contributed by atoms with Gasteiger partial charge in [-0.15, -0.1) is 11.8 Å². The van der Waals surface area contributed by atoms with E-state index in [0.29, 0.717) is 6.42 Å². The summed E-state index contributed by atoms with van der Waals surface area (Å²) in [5, 5.41) is 0. The summed E-state index contributed by atoms with van der Waals surface area (Å²) in [6.45, 7) is 0. The number of hydrogen-bond acceptors (Lipinski definition) is 2. The summed E-state index contributed by atoms with van der Waals surface area (Å²) in [6, 6.07) is 7.26. The number of benzene rings is 1. The van der Waals surface area contributed by atoms with E-state index in [9.17, 15) is 13.2 Å². The molecule has 0 aromatic heterocycles. The molecule has 1 nitrogen and oxygen atoms in total. The maximum absolute atomic E-state index is 12.0.